The van der Waals surface area contributed by atoms with Crippen LogP contribution in [0.1, 0.15) is 5.56 Å². The van der Waals surface area contributed by atoms with Gasteiger partial charge in [-0.15, -0.1) is 5.10 Å². The molecule has 0 bridgehead atoms. The van der Waals surface area contributed by atoms with E-state index in [1.165, 1.54) is 24.4 Å². The summed E-state index contributed by atoms with van der Waals surface area (Å²) in [5.41, 5.74) is 0.516. The standard InChI is InChI=1S/C11H8ClN3O3S2/c12-9-6-8(2-1-5-16)3-4-10(9)20(17,18)14-11-7-13-15-19-11/h3-4,6-7,14,16H,5H2. The molecule has 0 spiro atoms. The quantitative estimate of drug-likeness (QED) is 0.829. The minimum atomic E-state index is -3.80. The first kappa shape index (κ1) is 14.7. The predicted octanol–water partition coefficient (Wildman–Crippen LogP) is 1.34. The molecule has 2 rings (SSSR count). The lowest BCUT2D eigenvalue weighted by Gasteiger charge is -2.07. The molecule has 1 heterocycles. The molecule has 0 unspecified atom stereocenters. The van der Waals surface area contributed by atoms with Crippen molar-refractivity contribution in [3.8, 4) is 11.8 Å². The highest BCUT2D eigenvalue weighted by atomic mass is 35.5. The average molecular weight is 330 g/mol. The summed E-state index contributed by atoms with van der Waals surface area (Å²) in [7, 11) is -3.80. The van der Waals surface area contributed by atoms with E-state index in [0.717, 1.165) is 11.5 Å². The smallest absolute Gasteiger partial charge is 0.264 e. The molecule has 0 aliphatic carbocycles. The third-order valence-electron chi connectivity index (χ3n) is 2.13. The van der Waals surface area contributed by atoms with Crippen molar-refractivity contribution in [2.24, 2.45) is 0 Å². The zero-order valence-electron chi connectivity index (χ0n) is 9.87. The number of aromatic nitrogens is 2. The molecule has 0 fully saturated rings. The van der Waals surface area contributed by atoms with Crippen molar-refractivity contribution in [1.29, 1.82) is 0 Å². The molecule has 20 heavy (non-hydrogen) atoms. The molecule has 0 radical (unpaired) electrons. The Labute approximate surface area is 124 Å². The Kier molecular flexibility index (Phi) is 4.57. The second-order valence-corrected chi connectivity index (χ2v) is 6.34. The van der Waals surface area contributed by atoms with Gasteiger partial charge in [-0.1, -0.05) is 27.9 Å². The fourth-order valence-electron chi connectivity index (χ4n) is 1.34. The van der Waals surface area contributed by atoms with Gasteiger partial charge in [0.1, 0.15) is 16.5 Å². The SMILES string of the molecule is O=S(=O)(Nc1cnns1)c1ccc(C#CCO)cc1Cl. The van der Waals surface area contributed by atoms with E-state index in [1.54, 1.807) is 0 Å². The van der Waals surface area contributed by atoms with Crippen molar-refractivity contribution in [2.45, 2.75) is 4.90 Å². The molecule has 0 atom stereocenters. The van der Waals surface area contributed by atoms with Crippen LogP contribution in [0.2, 0.25) is 5.02 Å². The highest BCUT2D eigenvalue weighted by Gasteiger charge is 2.19. The molecule has 0 aliphatic heterocycles. The summed E-state index contributed by atoms with van der Waals surface area (Å²) in [5.74, 6) is 5.10. The predicted molar refractivity (Wildman–Crippen MR) is 76.1 cm³/mol. The third-order valence-corrected chi connectivity index (χ3v) is 4.69. The second kappa shape index (κ2) is 6.19. The van der Waals surface area contributed by atoms with Crippen LogP contribution in [0.3, 0.4) is 0 Å². The van der Waals surface area contributed by atoms with Crippen molar-refractivity contribution < 1.29 is 13.5 Å². The van der Waals surface area contributed by atoms with Gasteiger partial charge in [0.05, 0.1) is 11.2 Å². The van der Waals surface area contributed by atoms with E-state index in [1.807, 2.05) is 0 Å². The minimum absolute atomic E-state index is 0.0414. The van der Waals surface area contributed by atoms with E-state index in [9.17, 15) is 8.42 Å². The topological polar surface area (TPSA) is 92.2 Å². The first-order valence-corrected chi connectivity index (χ1v) is 7.86. The molecule has 0 amide bonds. The maximum atomic E-state index is 12.1. The number of anilines is 1. The Morgan fingerprint density at radius 3 is 2.85 bits per heavy atom. The summed E-state index contributed by atoms with van der Waals surface area (Å²) in [6.07, 6.45) is 1.30. The largest absolute Gasteiger partial charge is 0.384 e. The van der Waals surface area contributed by atoms with Crippen molar-refractivity contribution in [3.63, 3.8) is 0 Å². The lowest BCUT2D eigenvalue weighted by Crippen LogP contribution is -2.12. The first-order valence-electron chi connectivity index (χ1n) is 5.22. The Balaban J connectivity index is 2.33. The zero-order chi connectivity index (χ0) is 14.6. The van der Waals surface area contributed by atoms with E-state index in [4.69, 9.17) is 16.7 Å². The van der Waals surface area contributed by atoms with Crippen LogP contribution in [0, 0.1) is 11.8 Å². The molecule has 1 aromatic carbocycles. The number of aliphatic hydroxyl groups excluding tert-OH is 1. The summed E-state index contributed by atoms with van der Waals surface area (Å²) in [5, 5.41) is 12.5. The molecule has 0 aliphatic rings. The molecule has 0 saturated carbocycles. The number of benzene rings is 1. The molecule has 2 aromatic rings. The van der Waals surface area contributed by atoms with E-state index in [-0.39, 0.29) is 16.5 Å². The average Bonchev–Trinajstić information content (AvgIpc) is 2.88. The fourth-order valence-corrected chi connectivity index (χ4v) is 3.57. The highest BCUT2D eigenvalue weighted by molar-refractivity contribution is 7.93. The molecule has 2 N–H and O–H groups in total. The number of rotatable bonds is 3. The van der Waals surface area contributed by atoms with Gasteiger partial charge in [0.25, 0.3) is 10.0 Å². The fraction of sp³-hybridized carbons (Fsp3) is 0.0909. The summed E-state index contributed by atoms with van der Waals surface area (Å²) in [6, 6.07) is 4.28. The van der Waals surface area contributed by atoms with E-state index < -0.39 is 10.0 Å². The number of nitrogens with zero attached hydrogens (tertiary/aromatic N) is 2. The van der Waals surface area contributed by atoms with Crippen LogP contribution in [0.4, 0.5) is 5.00 Å². The van der Waals surface area contributed by atoms with E-state index in [2.05, 4.69) is 26.1 Å². The van der Waals surface area contributed by atoms with Crippen LogP contribution in [0.25, 0.3) is 0 Å². The monoisotopic (exact) mass is 329 g/mol. The third kappa shape index (κ3) is 3.46. The maximum Gasteiger partial charge on any atom is 0.264 e. The van der Waals surface area contributed by atoms with Crippen LogP contribution in [-0.4, -0.2) is 29.7 Å². The molecule has 0 saturated heterocycles. The zero-order valence-corrected chi connectivity index (χ0v) is 12.3. The Morgan fingerprint density at radius 1 is 1.45 bits per heavy atom. The summed E-state index contributed by atoms with van der Waals surface area (Å²) < 4.78 is 30.1. The number of sulfonamides is 1. The van der Waals surface area contributed by atoms with Gasteiger partial charge < -0.3 is 5.11 Å². The molecular formula is C11H8ClN3O3S2. The summed E-state index contributed by atoms with van der Waals surface area (Å²) in [6.45, 7) is -0.280. The van der Waals surface area contributed by atoms with Gasteiger partial charge in [-0.05, 0) is 18.2 Å². The minimum Gasteiger partial charge on any atom is -0.384 e. The molecule has 9 heteroatoms. The summed E-state index contributed by atoms with van der Waals surface area (Å²) in [4.78, 5) is -0.0675. The van der Waals surface area contributed by atoms with E-state index in [0.29, 0.717) is 10.6 Å². The van der Waals surface area contributed by atoms with Crippen molar-refractivity contribution in [1.82, 2.24) is 9.59 Å². The first-order chi connectivity index (χ1) is 9.53. The summed E-state index contributed by atoms with van der Waals surface area (Å²) >= 11 is 6.88. The number of hydrogen-bond acceptors (Lipinski definition) is 6. The van der Waals surface area contributed by atoms with Crippen molar-refractivity contribution in [3.05, 3.63) is 35.0 Å². The van der Waals surface area contributed by atoms with Gasteiger partial charge >= 0.3 is 0 Å². The van der Waals surface area contributed by atoms with Gasteiger partial charge in [-0.2, -0.15) is 0 Å². The van der Waals surface area contributed by atoms with Gasteiger partial charge in [0, 0.05) is 17.1 Å². The Bertz CT molecular complexity index is 764. The van der Waals surface area contributed by atoms with Gasteiger partial charge in [-0.3, -0.25) is 4.72 Å². The number of nitrogens with one attached hydrogen (secondary N) is 1. The second-order valence-electron chi connectivity index (χ2n) is 3.49. The van der Waals surface area contributed by atoms with Crippen LogP contribution in [-0.2, 0) is 10.0 Å². The molecule has 6 nitrogen and oxygen atoms in total. The maximum absolute atomic E-state index is 12.1. The van der Waals surface area contributed by atoms with Crippen molar-refractivity contribution >= 4 is 38.2 Å². The molecular weight excluding hydrogens is 322 g/mol. The number of aliphatic hydroxyl groups is 1. The van der Waals surface area contributed by atoms with Gasteiger partial charge in [0.15, 0.2) is 0 Å². The van der Waals surface area contributed by atoms with Crippen molar-refractivity contribution in [2.75, 3.05) is 11.3 Å². The Hall–Kier alpha value is -1.66. The normalized spacial score (nSPS) is 10.7. The Morgan fingerprint density at radius 2 is 2.25 bits per heavy atom. The lowest BCUT2D eigenvalue weighted by atomic mass is 10.2. The van der Waals surface area contributed by atoms with E-state index >= 15 is 0 Å². The van der Waals surface area contributed by atoms with Gasteiger partial charge in [-0.25, -0.2) is 8.42 Å². The van der Waals surface area contributed by atoms with Crippen LogP contribution in [0.5, 0.6) is 0 Å². The number of hydrogen-bond donors (Lipinski definition) is 2. The number of halogens is 1. The van der Waals surface area contributed by atoms with Crippen LogP contribution >= 0.6 is 23.1 Å². The highest BCUT2D eigenvalue weighted by Crippen LogP contribution is 2.25. The lowest BCUT2D eigenvalue weighted by molar-refractivity contribution is 0.350. The van der Waals surface area contributed by atoms with Gasteiger partial charge in [0.2, 0.25) is 0 Å². The van der Waals surface area contributed by atoms with Crippen LogP contribution < -0.4 is 4.72 Å². The molecule has 104 valence electrons. The molecule has 1 aromatic heterocycles. The van der Waals surface area contributed by atoms with Crippen LogP contribution in [0.15, 0.2) is 29.3 Å².